The molecule has 0 radical (unpaired) electrons. The fourth-order valence-corrected chi connectivity index (χ4v) is 3.42. The summed E-state index contributed by atoms with van der Waals surface area (Å²) in [5.41, 5.74) is 4.22. The molecule has 0 heterocycles. The highest BCUT2D eigenvalue weighted by molar-refractivity contribution is 5.47. The molecule has 0 saturated heterocycles. The Bertz CT molecular complexity index is 419. The molecule has 0 fully saturated rings. The zero-order chi connectivity index (χ0) is 17.1. The lowest BCUT2D eigenvalue weighted by molar-refractivity contribution is -0.00000532. The zero-order valence-corrected chi connectivity index (χ0v) is 18.4. The normalized spacial score (nSPS) is 11.4. The molecule has 2 heteroatoms. The van der Waals surface area contributed by atoms with Gasteiger partial charge in [-0.15, -0.1) is 0 Å². The van der Waals surface area contributed by atoms with Crippen molar-refractivity contribution in [1.29, 1.82) is 0 Å². The minimum atomic E-state index is 0. The molecular formula is C22H40BrN. The molecule has 24 heavy (non-hydrogen) atoms. The number of hydrogen-bond donors (Lipinski definition) is 0. The smallest absolute Gasteiger partial charge is 0.132 e. The molecule has 1 aromatic carbocycles. The van der Waals surface area contributed by atoms with E-state index in [1.807, 2.05) is 0 Å². The van der Waals surface area contributed by atoms with Crippen LogP contribution in [0.15, 0.2) is 18.2 Å². The molecule has 0 unspecified atom stereocenters. The van der Waals surface area contributed by atoms with Crippen LogP contribution in [0.5, 0.6) is 0 Å². The van der Waals surface area contributed by atoms with E-state index >= 15 is 0 Å². The first-order valence-electron chi connectivity index (χ1n) is 9.87. The SMILES string of the molecule is CCCCCCCCCCCC[N+](C)(C)c1cc(C)cc(C)c1.[Br-]. The van der Waals surface area contributed by atoms with Gasteiger partial charge < -0.3 is 17.0 Å². The third kappa shape index (κ3) is 9.84. The second-order valence-corrected chi connectivity index (χ2v) is 7.94. The molecule has 0 aliphatic carbocycles. The number of halogens is 1. The van der Waals surface area contributed by atoms with Crippen LogP contribution in [0.25, 0.3) is 0 Å². The van der Waals surface area contributed by atoms with Gasteiger partial charge in [0.25, 0.3) is 0 Å². The monoisotopic (exact) mass is 397 g/mol. The van der Waals surface area contributed by atoms with Gasteiger partial charge in [-0.2, -0.15) is 0 Å². The number of quaternary nitrogens is 1. The molecule has 1 rings (SSSR count). The van der Waals surface area contributed by atoms with Crippen molar-refractivity contribution in [3.63, 3.8) is 0 Å². The van der Waals surface area contributed by atoms with E-state index in [0.29, 0.717) is 0 Å². The first kappa shape index (κ1) is 23.7. The van der Waals surface area contributed by atoms with Crippen molar-refractivity contribution in [3.8, 4) is 0 Å². The Hall–Kier alpha value is -0.340. The van der Waals surface area contributed by atoms with Gasteiger partial charge >= 0.3 is 0 Å². The number of nitrogens with zero attached hydrogens (tertiary/aromatic N) is 1. The van der Waals surface area contributed by atoms with E-state index in [0.717, 1.165) is 4.48 Å². The summed E-state index contributed by atoms with van der Waals surface area (Å²) in [5, 5.41) is 0. The molecule has 0 spiro atoms. The Morgan fingerprint density at radius 2 is 1.08 bits per heavy atom. The first-order valence-corrected chi connectivity index (χ1v) is 9.87. The van der Waals surface area contributed by atoms with E-state index in [-0.39, 0.29) is 17.0 Å². The summed E-state index contributed by atoms with van der Waals surface area (Å²) >= 11 is 0. The quantitative estimate of drug-likeness (QED) is 0.371. The standard InChI is InChI=1S/C22H40N.BrH/c1-6-7-8-9-10-11-12-13-14-15-16-23(4,5)22-18-20(2)17-21(3)19-22;/h17-19H,6-16H2,1-5H3;1H/q+1;/p-1. The summed E-state index contributed by atoms with van der Waals surface area (Å²) in [6.45, 7) is 7.95. The van der Waals surface area contributed by atoms with E-state index in [1.165, 1.54) is 87.6 Å². The Kier molecular flexibility index (Phi) is 12.8. The molecule has 140 valence electrons. The van der Waals surface area contributed by atoms with Crippen LogP contribution in [0.4, 0.5) is 5.69 Å². The van der Waals surface area contributed by atoms with Crippen LogP contribution in [0.1, 0.15) is 82.3 Å². The third-order valence-electron chi connectivity index (χ3n) is 4.98. The lowest BCUT2D eigenvalue weighted by Gasteiger charge is -2.30. The summed E-state index contributed by atoms with van der Waals surface area (Å²) in [5.74, 6) is 0. The minimum Gasteiger partial charge on any atom is -1.00 e. The second-order valence-electron chi connectivity index (χ2n) is 7.94. The summed E-state index contributed by atoms with van der Waals surface area (Å²) in [6.07, 6.45) is 14.1. The fourth-order valence-electron chi connectivity index (χ4n) is 3.42. The first-order chi connectivity index (χ1) is 11.0. The lowest BCUT2D eigenvalue weighted by atomic mass is 10.1. The third-order valence-corrected chi connectivity index (χ3v) is 4.98. The number of hydrogen-bond acceptors (Lipinski definition) is 0. The number of unbranched alkanes of at least 4 members (excludes halogenated alkanes) is 9. The van der Waals surface area contributed by atoms with Gasteiger partial charge in [0.2, 0.25) is 0 Å². The zero-order valence-electron chi connectivity index (χ0n) is 16.8. The van der Waals surface area contributed by atoms with Gasteiger partial charge in [0.1, 0.15) is 5.69 Å². The van der Waals surface area contributed by atoms with Gasteiger partial charge in [0.05, 0.1) is 20.6 Å². The van der Waals surface area contributed by atoms with Gasteiger partial charge in [0.15, 0.2) is 0 Å². The van der Waals surface area contributed by atoms with Crippen molar-refractivity contribution in [2.45, 2.75) is 85.0 Å². The molecule has 1 aromatic rings. The summed E-state index contributed by atoms with van der Waals surface area (Å²) < 4.78 is 1.01. The van der Waals surface area contributed by atoms with E-state index < -0.39 is 0 Å². The number of benzene rings is 1. The Balaban J connectivity index is 0.00000529. The van der Waals surface area contributed by atoms with Gasteiger partial charge in [-0.1, -0.05) is 64.4 Å². The highest BCUT2D eigenvalue weighted by Crippen LogP contribution is 2.23. The van der Waals surface area contributed by atoms with E-state index in [2.05, 4.69) is 53.1 Å². The second kappa shape index (κ2) is 12.9. The Morgan fingerprint density at radius 1 is 0.667 bits per heavy atom. The molecule has 0 saturated carbocycles. The lowest BCUT2D eigenvalue weighted by Crippen LogP contribution is -3.00. The molecule has 0 N–H and O–H groups in total. The number of rotatable bonds is 12. The minimum absolute atomic E-state index is 0. The van der Waals surface area contributed by atoms with Crippen LogP contribution in [0, 0.1) is 13.8 Å². The van der Waals surface area contributed by atoms with Gasteiger partial charge in [0, 0.05) is 12.1 Å². The maximum atomic E-state index is 2.35. The van der Waals surface area contributed by atoms with E-state index in [4.69, 9.17) is 0 Å². The molecule has 1 nitrogen and oxygen atoms in total. The van der Waals surface area contributed by atoms with Crippen molar-refractivity contribution in [1.82, 2.24) is 4.48 Å². The molecular weight excluding hydrogens is 358 g/mol. The van der Waals surface area contributed by atoms with Crippen LogP contribution in [-0.2, 0) is 0 Å². The molecule has 0 aromatic heterocycles. The highest BCUT2D eigenvalue weighted by Gasteiger charge is 2.18. The van der Waals surface area contributed by atoms with Crippen LogP contribution in [0.3, 0.4) is 0 Å². The van der Waals surface area contributed by atoms with Crippen LogP contribution < -0.4 is 21.5 Å². The van der Waals surface area contributed by atoms with Crippen molar-refractivity contribution in [3.05, 3.63) is 29.3 Å². The Morgan fingerprint density at radius 3 is 1.54 bits per heavy atom. The van der Waals surface area contributed by atoms with Gasteiger partial charge in [-0.3, -0.25) is 4.48 Å². The maximum absolute atomic E-state index is 2.35. The predicted octanol–water partition coefficient (Wildman–Crippen LogP) is 3.80. The largest absolute Gasteiger partial charge is 1.00 e. The Labute approximate surface area is 162 Å². The molecule has 0 bridgehead atoms. The average Bonchev–Trinajstić information content (AvgIpc) is 2.48. The predicted molar refractivity (Wildman–Crippen MR) is 106 cm³/mol. The van der Waals surface area contributed by atoms with Crippen LogP contribution in [-0.4, -0.2) is 20.6 Å². The van der Waals surface area contributed by atoms with Gasteiger partial charge in [-0.25, -0.2) is 0 Å². The summed E-state index contributed by atoms with van der Waals surface area (Å²) in [4.78, 5) is 0. The molecule has 0 aliphatic heterocycles. The fraction of sp³-hybridized carbons (Fsp3) is 0.727. The highest BCUT2D eigenvalue weighted by atomic mass is 79.9. The van der Waals surface area contributed by atoms with E-state index in [9.17, 15) is 0 Å². The van der Waals surface area contributed by atoms with Crippen molar-refractivity contribution in [2.75, 3.05) is 20.6 Å². The molecule has 0 amide bonds. The van der Waals surface area contributed by atoms with Crippen molar-refractivity contribution < 1.29 is 17.0 Å². The topological polar surface area (TPSA) is 0 Å². The van der Waals surface area contributed by atoms with Crippen LogP contribution >= 0.6 is 0 Å². The summed E-state index contributed by atoms with van der Waals surface area (Å²) in [7, 11) is 4.70. The number of aryl methyl sites for hydroxylation is 2. The molecule has 0 atom stereocenters. The molecule has 0 aliphatic rings. The van der Waals surface area contributed by atoms with Crippen LogP contribution in [0.2, 0.25) is 0 Å². The van der Waals surface area contributed by atoms with E-state index in [1.54, 1.807) is 0 Å². The van der Waals surface area contributed by atoms with Gasteiger partial charge in [-0.05, 0) is 37.8 Å². The van der Waals surface area contributed by atoms with Crippen molar-refractivity contribution in [2.24, 2.45) is 0 Å². The van der Waals surface area contributed by atoms with Crippen molar-refractivity contribution >= 4 is 5.69 Å². The summed E-state index contributed by atoms with van der Waals surface area (Å²) in [6, 6.07) is 6.97. The average molecular weight is 398 g/mol. The maximum Gasteiger partial charge on any atom is 0.132 e.